The molecule has 0 spiro atoms. The van der Waals surface area contributed by atoms with E-state index in [4.69, 9.17) is 4.99 Å². The molecule has 2 heterocycles. The molecule has 1 aromatic carbocycles. The lowest BCUT2D eigenvalue weighted by Crippen LogP contribution is -2.53. The Morgan fingerprint density at radius 2 is 1.53 bits per heavy atom. The molecule has 1 amide bonds. The molecule has 0 saturated carbocycles. The van der Waals surface area contributed by atoms with Gasteiger partial charge in [-0.1, -0.05) is 30.3 Å². The van der Waals surface area contributed by atoms with Crippen LogP contribution < -0.4 is 5.32 Å². The van der Waals surface area contributed by atoms with E-state index in [1.807, 2.05) is 4.90 Å². The predicted molar refractivity (Wildman–Crippen MR) is 133 cm³/mol. The minimum Gasteiger partial charge on any atom is -0.357 e. The summed E-state index contributed by atoms with van der Waals surface area (Å²) in [5, 5.41) is 3.41. The fourth-order valence-corrected chi connectivity index (χ4v) is 3.97. The van der Waals surface area contributed by atoms with Gasteiger partial charge in [0, 0.05) is 78.9 Å². The molecule has 168 valence electrons. The second kappa shape index (κ2) is 13.1. The molecule has 2 saturated heterocycles. The summed E-state index contributed by atoms with van der Waals surface area (Å²) < 4.78 is 0. The minimum atomic E-state index is 0. The lowest BCUT2D eigenvalue weighted by molar-refractivity contribution is -0.130. The van der Waals surface area contributed by atoms with E-state index in [-0.39, 0.29) is 29.9 Å². The van der Waals surface area contributed by atoms with E-state index in [1.54, 1.807) is 6.92 Å². The Morgan fingerprint density at radius 1 is 0.933 bits per heavy atom. The Balaban J connectivity index is 0.00000320. The third-order valence-corrected chi connectivity index (χ3v) is 5.75. The van der Waals surface area contributed by atoms with Gasteiger partial charge in [-0.15, -0.1) is 24.0 Å². The van der Waals surface area contributed by atoms with Crippen LogP contribution in [0.4, 0.5) is 0 Å². The molecule has 30 heavy (non-hydrogen) atoms. The quantitative estimate of drug-likeness (QED) is 0.345. The Bertz CT molecular complexity index is 655. The molecule has 0 aromatic heterocycles. The molecule has 2 fully saturated rings. The monoisotopic (exact) mass is 528 g/mol. The summed E-state index contributed by atoms with van der Waals surface area (Å²) in [6.45, 7) is 15.2. The number of piperazine rings is 2. The molecule has 1 aromatic rings. The first kappa shape index (κ1) is 24.9. The van der Waals surface area contributed by atoms with E-state index in [9.17, 15) is 4.79 Å². The summed E-state index contributed by atoms with van der Waals surface area (Å²) in [5.74, 6) is 1.15. The van der Waals surface area contributed by atoms with Crippen LogP contribution in [0, 0.1) is 0 Å². The standard InChI is InChI=1S/C22H36N6O.HI/c1-3-23-22(28-17-15-27(16-18-28)20(2)29)24-9-10-25-11-13-26(14-12-25)19-21-7-5-4-6-8-21;/h4-8H,3,9-19H2,1-2H3,(H,23,24);1H. The summed E-state index contributed by atoms with van der Waals surface area (Å²) in [6.07, 6.45) is 0. The zero-order valence-electron chi connectivity index (χ0n) is 18.4. The van der Waals surface area contributed by atoms with Gasteiger partial charge in [-0.25, -0.2) is 0 Å². The maximum absolute atomic E-state index is 11.5. The molecule has 0 radical (unpaired) electrons. The summed E-state index contributed by atoms with van der Waals surface area (Å²) in [6, 6.07) is 10.7. The Kier molecular flexibility index (Phi) is 10.9. The Morgan fingerprint density at radius 3 is 2.13 bits per heavy atom. The van der Waals surface area contributed by atoms with Crippen LogP contribution in [0.1, 0.15) is 19.4 Å². The smallest absolute Gasteiger partial charge is 0.219 e. The van der Waals surface area contributed by atoms with Gasteiger partial charge in [-0.2, -0.15) is 0 Å². The van der Waals surface area contributed by atoms with Gasteiger partial charge in [0.25, 0.3) is 0 Å². The topological polar surface area (TPSA) is 54.4 Å². The van der Waals surface area contributed by atoms with Crippen LogP contribution in [-0.4, -0.2) is 103 Å². The fraction of sp³-hybridized carbons (Fsp3) is 0.636. The number of aliphatic imine (C=N–C) groups is 1. The van der Waals surface area contributed by atoms with Crippen molar-refractivity contribution in [3.63, 3.8) is 0 Å². The van der Waals surface area contributed by atoms with Gasteiger partial charge in [0.15, 0.2) is 5.96 Å². The number of hydrogen-bond acceptors (Lipinski definition) is 4. The van der Waals surface area contributed by atoms with E-state index >= 15 is 0 Å². The van der Waals surface area contributed by atoms with E-state index in [0.29, 0.717) is 0 Å². The summed E-state index contributed by atoms with van der Waals surface area (Å²) in [5.41, 5.74) is 1.39. The molecular formula is C22H37IN6O. The third-order valence-electron chi connectivity index (χ3n) is 5.75. The lowest BCUT2D eigenvalue weighted by Gasteiger charge is -2.36. The number of nitrogens with zero attached hydrogens (tertiary/aromatic N) is 5. The number of nitrogens with one attached hydrogen (secondary N) is 1. The number of guanidine groups is 1. The van der Waals surface area contributed by atoms with Gasteiger partial charge >= 0.3 is 0 Å². The van der Waals surface area contributed by atoms with E-state index in [1.165, 1.54) is 5.56 Å². The molecular weight excluding hydrogens is 491 g/mol. The average molecular weight is 528 g/mol. The van der Waals surface area contributed by atoms with Crippen molar-refractivity contribution in [2.45, 2.75) is 20.4 Å². The number of rotatable bonds is 6. The van der Waals surface area contributed by atoms with Gasteiger partial charge in [0.1, 0.15) is 0 Å². The Hall–Kier alpha value is -1.39. The van der Waals surface area contributed by atoms with Crippen LogP contribution in [0.25, 0.3) is 0 Å². The Labute approximate surface area is 198 Å². The number of amides is 1. The number of benzene rings is 1. The van der Waals surface area contributed by atoms with Crippen LogP contribution in [0.3, 0.4) is 0 Å². The van der Waals surface area contributed by atoms with Gasteiger partial charge in [0.05, 0.1) is 6.54 Å². The van der Waals surface area contributed by atoms with E-state index in [2.05, 4.69) is 57.3 Å². The molecule has 7 nitrogen and oxygen atoms in total. The highest BCUT2D eigenvalue weighted by Gasteiger charge is 2.21. The highest BCUT2D eigenvalue weighted by Crippen LogP contribution is 2.08. The molecule has 0 atom stereocenters. The van der Waals surface area contributed by atoms with Gasteiger partial charge in [-0.05, 0) is 12.5 Å². The highest BCUT2D eigenvalue weighted by atomic mass is 127. The van der Waals surface area contributed by atoms with Crippen LogP contribution in [-0.2, 0) is 11.3 Å². The number of hydrogen-bond donors (Lipinski definition) is 1. The summed E-state index contributed by atoms with van der Waals surface area (Å²) in [4.78, 5) is 25.6. The normalized spacial score (nSPS) is 18.8. The summed E-state index contributed by atoms with van der Waals surface area (Å²) in [7, 11) is 0. The largest absolute Gasteiger partial charge is 0.357 e. The van der Waals surface area contributed by atoms with Crippen molar-refractivity contribution >= 4 is 35.8 Å². The van der Waals surface area contributed by atoms with Crippen molar-refractivity contribution in [2.75, 3.05) is 72.0 Å². The van der Waals surface area contributed by atoms with Crippen LogP contribution in [0.5, 0.6) is 0 Å². The maximum Gasteiger partial charge on any atom is 0.219 e. The fourth-order valence-electron chi connectivity index (χ4n) is 3.97. The molecule has 0 unspecified atom stereocenters. The van der Waals surface area contributed by atoms with Crippen molar-refractivity contribution < 1.29 is 4.79 Å². The molecule has 2 aliphatic rings. The second-order valence-electron chi connectivity index (χ2n) is 7.83. The van der Waals surface area contributed by atoms with Crippen molar-refractivity contribution in [2.24, 2.45) is 4.99 Å². The van der Waals surface area contributed by atoms with Gasteiger partial charge in [0.2, 0.25) is 5.91 Å². The molecule has 2 aliphatic heterocycles. The second-order valence-corrected chi connectivity index (χ2v) is 7.83. The summed E-state index contributed by atoms with van der Waals surface area (Å²) >= 11 is 0. The van der Waals surface area contributed by atoms with E-state index < -0.39 is 0 Å². The first-order valence-corrected chi connectivity index (χ1v) is 10.9. The highest BCUT2D eigenvalue weighted by molar-refractivity contribution is 14.0. The molecule has 3 rings (SSSR count). The molecule has 8 heteroatoms. The van der Waals surface area contributed by atoms with Crippen LogP contribution in [0.15, 0.2) is 35.3 Å². The number of carbonyl (C=O) groups excluding carboxylic acids is 1. The number of halogens is 1. The molecule has 1 N–H and O–H groups in total. The molecule has 0 bridgehead atoms. The van der Waals surface area contributed by atoms with Crippen LogP contribution >= 0.6 is 24.0 Å². The van der Waals surface area contributed by atoms with Gasteiger partial charge in [-0.3, -0.25) is 19.6 Å². The van der Waals surface area contributed by atoms with Crippen LogP contribution in [0.2, 0.25) is 0 Å². The number of carbonyl (C=O) groups is 1. The minimum absolute atomic E-state index is 0. The van der Waals surface area contributed by atoms with Crippen molar-refractivity contribution in [1.29, 1.82) is 0 Å². The third kappa shape index (κ3) is 7.70. The SMILES string of the molecule is CCNC(=NCCN1CCN(Cc2ccccc2)CC1)N1CCN(C(C)=O)CC1.I. The van der Waals surface area contributed by atoms with E-state index in [0.717, 1.165) is 84.5 Å². The lowest BCUT2D eigenvalue weighted by atomic mass is 10.2. The predicted octanol–water partition coefficient (Wildman–Crippen LogP) is 1.55. The first-order chi connectivity index (χ1) is 14.2. The average Bonchev–Trinajstić information content (AvgIpc) is 2.75. The van der Waals surface area contributed by atoms with Crippen molar-refractivity contribution in [3.05, 3.63) is 35.9 Å². The molecule has 0 aliphatic carbocycles. The first-order valence-electron chi connectivity index (χ1n) is 10.9. The van der Waals surface area contributed by atoms with Crippen molar-refractivity contribution in [3.8, 4) is 0 Å². The van der Waals surface area contributed by atoms with Crippen molar-refractivity contribution in [1.82, 2.24) is 24.9 Å². The van der Waals surface area contributed by atoms with Gasteiger partial charge < -0.3 is 15.1 Å². The zero-order chi connectivity index (χ0) is 20.5. The zero-order valence-corrected chi connectivity index (χ0v) is 20.8. The maximum atomic E-state index is 11.5.